The van der Waals surface area contributed by atoms with Gasteiger partial charge in [0.05, 0.1) is 0 Å². The van der Waals surface area contributed by atoms with Crippen LogP contribution in [0.15, 0.2) is 0 Å². The van der Waals surface area contributed by atoms with Crippen molar-refractivity contribution >= 4 is 21.8 Å². The van der Waals surface area contributed by atoms with Crippen molar-refractivity contribution < 1.29 is 4.74 Å². The van der Waals surface area contributed by atoms with E-state index in [0.717, 1.165) is 18.0 Å². The predicted molar refractivity (Wildman–Crippen MR) is 50.1 cm³/mol. The van der Waals surface area contributed by atoms with Crippen molar-refractivity contribution in [2.24, 2.45) is 0 Å². The smallest absolute Gasteiger partial charge is 0.0461 e. The molecule has 0 amide bonds. The number of ether oxygens (including phenoxy) is 1. The Morgan fingerprint density at radius 2 is 2.20 bits per heavy atom. The van der Waals surface area contributed by atoms with Gasteiger partial charge in [-0.3, -0.25) is 0 Å². The molecular weight excluding hydrogens is 164 g/mol. The van der Waals surface area contributed by atoms with Gasteiger partial charge in [-0.2, -0.15) is 0 Å². The van der Waals surface area contributed by atoms with Crippen molar-refractivity contribution in [2.75, 3.05) is 19.6 Å². The molecule has 3 heteroatoms. The van der Waals surface area contributed by atoms with E-state index in [4.69, 9.17) is 16.3 Å². The molecule has 0 aliphatic carbocycles. The first-order valence-electron chi connectivity index (χ1n) is 3.86. The molecular formula is C7H17ClOSi. The molecule has 0 aromatic heterocycles. The van der Waals surface area contributed by atoms with Gasteiger partial charge >= 0.3 is 0 Å². The van der Waals surface area contributed by atoms with Crippen molar-refractivity contribution in [3.63, 3.8) is 0 Å². The Morgan fingerprint density at radius 3 is 2.70 bits per heavy atom. The van der Waals surface area contributed by atoms with Crippen LogP contribution in [0.2, 0.25) is 5.54 Å². The molecule has 0 fully saturated rings. The van der Waals surface area contributed by atoms with E-state index >= 15 is 0 Å². The van der Waals surface area contributed by atoms with E-state index in [1.807, 2.05) is 0 Å². The van der Waals surface area contributed by atoms with E-state index in [9.17, 15) is 0 Å². The third-order valence-corrected chi connectivity index (χ3v) is 3.07. The molecule has 0 aliphatic rings. The zero-order valence-corrected chi connectivity index (χ0v) is 9.66. The van der Waals surface area contributed by atoms with Gasteiger partial charge in [0.1, 0.15) is 0 Å². The Labute approximate surface area is 71.5 Å². The van der Waals surface area contributed by atoms with Gasteiger partial charge in [0.25, 0.3) is 0 Å². The van der Waals surface area contributed by atoms with E-state index < -0.39 is 0 Å². The highest BCUT2D eigenvalue weighted by Gasteiger charge is 1.99. The molecule has 0 aromatic rings. The largest absolute Gasteiger partial charge is 0.385 e. The molecule has 1 unspecified atom stereocenters. The lowest BCUT2D eigenvalue weighted by atomic mass is 10.2. The summed E-state index contributed by atoms with van der Waals surface area (Å²) in [6, 6.07) is 0. The molecule has 0 heterocycles. The van der Waals surface area contributed by atoms with E-state index in [-0.39, 0.29) is 0 Å². The maximum Gasteiger partial charge on any atom is 0.0461 e. The minimum Gasteiger partial charge on any atom is -0.385 e. The number of hydrogen-bond acceptors (Lipinski definition) is 1. The monoisotopic (exact) mass is 180 g/mol. The van der Waals surface area contributed by atoms with Gasteiger partial charge in [-0.05, 0) is 12.8 Å². The highest BCUT2D eigenvalue weighted by Crippen LogP contribution is 2.13. The molecule has 10 heavy (non-hydrogen) atoms. The van der Waals surface area contributed by atoms with Crippen LogP contribution in [-0.2, 0) is 4.74 Å². The summed E-state index contributed by atoms with van der Waals surface area (Å²) in [5.74, 6) is 0.811. The topological polar surface area (TPSA) is 9.23 Å². The number of halogens is 1. The SMILES string of the molecule is COCCC([SiH3])CCCCl. The molecule has 0 spiro atoms. The second-order valence-corrected chi connectivity index (χ2v) is 4.73. The average molecular weight is 181 g/mol. The third-order valence-electron chi connectivity index (χ3n) is 1.65. The fourth-order valence-corrected chi connectivity index (χ4v) is 1.69. The minimum atomic E-state index is 0.811. The Balaban J connectivity index is 3.00. The molecule has 1 nitrogen and oxygen atoms in total. The highest BCUT2D eigenvalue weighted by atomic mass is 35.5. The van der Waals surface area contributed by atoms with Gasteiger partial charge in [0.15, 0.2) is 0 Å². The predicted octanol–water partition coefficient (Wildman–Crippen LogP) is 1.20. The molecule has 0 aliphatic heterocycles. The van der Waals surface area contributed by atoms with Crippen LogP contribution in [0.25, 0.3) is 0 Å². The summed E-state index contributed by atoms with van der Waals surface area (Å²) in [6.45, 7) is 0.913. The van der Waals surface area contributed by atoms with Gasteiger partial charge in [-0.15, -0.1) is 11.6 Å². The first kappa shape index (κ1) is 10.5. The van der Waals surface area contributed by atoms with E-state index in [2.05, 4.69) is 0 Å². The molecule has 0 radical (unpaired) electrons. The maximum atomic E-state index is 5.56. The molecule has 0 bridgehead atoms. The van der Waals surface area contributed by atoms with Gasteiger partial charge in [-0.1, -0.05) is 12.0 Å². The van der Waals surface area contributed by atoms with Crippen LogP contribution < -0.4 is 0 Å². The summed E-state index contributed by atoms with van der Waals surface area (Å²) in [7, 11) is 3.04. The fraction of sp³-hybridized carbons (Fsp3) is 1.00. The minimum absolute atomic E-state index is 0.811. The number of methoxy groups -OCH3 is 1. The summed E-state index contributed by atoms with van der Waals surface area (Å²) in [5, 5.41) is 0. The Hall–Kier alpha value is 0.467. The lowest BCUT2D eigenvalue weighted by Crippen LogP contribution is -1.98. The molecule has 62 valence electrons. The van der Waals surface area contributed by atoms with Crippen molar-refractivity contribution in [3.05, 3.63) is 0 Å². The van der Waals surface area contributed by atoms with Crippen LogP contribution in [0.1, 0.15) is 19.3 Å². The van der Waals surface area contributed by atoms with Crippen molar-refractivity contribution in [3.8, 4) is 0 Å². The van der Waals surface area contributed by atoms with Crippen LogP contribution in [0.4, 0.5) is 0 Å². The Morgan fingerprint density at radius 1 is 1.50 bits per heavy atom. The second-order valence-electron chi connectivity index (χ2n) is 2.72. The molecule has 0 rings (SSSR count). The van der Waals surface area contributed by atoms with Crippen molar-refractivity contribution in [1.82, 2.24) is 0 Å². The van der Waals surface area contributed by atoms with Crippen LogP contribution in [0.5, 0.6) is 0 Å². The summed E-state index contributed by atoms with van der Waals surface area (Å²) in [4.78, 5) is 0. The fourth-order valence-electron chi connectivity index (χ4n) is 0.889. The number of hydrogen-bond donors (Lipinski definition) is 0. The maximum absolute atomic E-state index is 5.56. The zero-order chi connectivity index (χ0) is 7.82. The summed E-state index contributed by atoms with van der Waals surface area (Å²) in [6.07, 6.45) is 3.68. The molecule has 1 atom stereocenters. The highest BCUT2D eigenvalue weighted by molar-refractivity contribution is 6.17. The van der Waals surface area contributed by atoms with Gasteiger partial charge in [0, 0.05) is 29.8 Å². The van der Waals surface area contributed by atoms with Crippen molar-refractivity contribution in [1.29, 1.82) is 0 Å². The van der Waals surface area contributed by atoms with Crippen LogP contribution in [0, 0.1) is 0 Å². The van der Waals surface area contributed by atoms with E-state index in [1.54, 1.807) is 7.11 Å². The quantitative estimate of drug-likeness (QED) is 0.441. The third kappa shape index (κ3) is 6.58. The first-order valence-corrected chi connectivity index (χ1v) is 5.55. The van der Waals surface area contributed by atoms with Crippen molar-refractivity contribution in [2.45, 2.75) is 24.8 Å². The van der Waals surface area contributed by atoms with Crippen LogP contribution in [0.3, 0.4) is 0 Å². The number of alkyl halides is 1. The normalized spacial score (nSPS) is 13.8. The van der Waals surface area contributed by atoms with Crippen LogP contribution in [-0.4, -0.2) is 29.8 Å². The van der Waals surface area contributed by atoms with Crippen LogP contribution >= 0.6 is 11.6 Å². The number of rotatable bonds is 6. The summed E-state index contributed by atoms with van der Waals surface area (Å²) < 4.78 is 4.98. The first-order chi connectivity index (χ1) is 4.81. The lowest BCUT2D eigenvalue weighted by molar-refractivity contribution is 0.192. The molecule has 0 aromatic carbocycles. The van der Waals surface area contributed by atoms with E-state index in [1.165, 1.54) is 29.5 Å². The second kappa shape index (κ2) is 7.57. The summed E-state index contributed by atoms with van der Waals surface area (Å²) >= 11 is 5.56. The average Bonchev–Trinajstić information content (AvgIpc) is 1.97. The van der Waals surface area contributed by atoms with E-state index in [0.29, 0.717) is 0 Å². The standard InChI is InChI=1S/C7H17ClOSi/c1-9-6-4-7(10)3-2-5-8/h7H,2-6H2,1,10H3. The Kier molecular flexibility index (Phi) is 7.93. The Bertz CT molecular complexity index is 62.6. The molecule has 0 saturated heterocycles. The summed E-state index contributed by atoms with van der Waals surface area (Å²) in [5.41, 5.74) is 0.902. The zero-order valence-electron chi connectivity index (χ0n) is 6.90. The molecule has 0 saturated carbocycles. The van der Waals surface area contributed by atoms with Gasteiger partial charge in [-0.25, -0.2) is 0 Å². The lowest BCUT2D eigenvalue weighted by Gasteiger charge is -2.08. The van der Waals surface area contributed by atoms with Gasteiger partial charge < -0.3 is 4.74 Å². The van der Waals surface area contributed by atoms with Gasteiger partial charge in [0.2, 0.25) is 0 Å². The molecule has 0 N–H and O–H groups in total.